The first-order valence-corrected chi connectivity index (χ1v) is 6.33. The lowest BCUT2D eigenvalue weighted by Gasteiger charge is -2.01. The van der Waals surface area contributed by atoms with Crippen LogP contribution in [0.1, 0.15) is 24.4 Å². The van der Waals surface area contributed by atoms with E-state index in [-0.39, 0.29) is 0 Å². The molecule has 0 bridgehead atoms. The molecule has 0 amide bonds. The van der Waals surface area contributed by atoms with E-state index in [0.717, 1.165) is 37.3 Å². The van der Waals surface area contributed by atoms with Gasteiger partial charge in [-0.2, -0.15) is 0 Å². The monoisotopic (exact) mass is 268 g/mol. The quantitative estimate of drug-likeness (QED) is 0.793. The second kappa shape index (κ2) is 5.97. The minimum absolute atomic E-state index is 0.576. The van der Waals surface area contributed by atoms with E-state index in [1.807, 2.05) is 17.8 Å². The van der Waals surface area contributed by atoms with Crippen LogP contribution in [-0.2, 0) is 20.0 Å². The lowest BCUT2D eigenvalue weighted by molar-refractivity contribution is 0.607. The Hall–Kier alpha value is -1.40. The number of nitrogens with zero attached hydrogens (tertiary/aromatic N) is 5. The maximum Gasteiger partial charge on any atom is 0.131 e. The van der Waals surface area contributed by atoms with Gasteiger partial charge in [-0.25, -0.2) is 9.67 Å². The summed E-state index contributed by atoms with van der Waals surface area (Å²) < 4.78 is 3.60. The average molecular weight is 269 g/mol. The number of imidazole rings is 1. The summed E-state index contributed by atoms with van der Waals surface area (Å²) in [6, 6.07) is 0. The van der Waals surface area contributed by atoms with Crippen molar-refractivity contribution in [1.29, 1.82) is 0 Å². The third kappa shape index (κ3) is 3.08. The van der Waals surface area contributed by atoms with Crippen LogP contribution in [0, 0.1) is 0 Å². The molecule has 0 saturated heterocycles. The van der Waals surface area contributed by atoms with Gasteiger partial charge < -0.3 is 10.3 Å². The molecule has 0 aliphatic rings. The van der Waals surface area contributed by atoms with Crippen LogP contribution < -0.4 is 5.73 Å². The Labute approximate surface area is 111 Å². The highest BCUT2D eigenvalue weighted by molar-refractivity contribution is 6.29. The Balaban J connectivity index is 1.96. The summed E-state index contributed by atoms with van der Waals surface area (Å²) in [5, 5.41) is 8.82. The lowest BCUT2D eigenvalue weighted by Crippen LogP contribution is -2.06. The fourth-order valence-corrected chi connectivity index (χ4v) is 1.84. The Kier molecular flexibility index (Phi) is 4.33. The predicted molar refractivity (Wildman–Crippen MR) is 69.3 cm³/mol. The molecule has 0 spiro atoms. The molecule has 0 aliphatic carbocycles. The molecule has 98 valence electrons. The average Bonchev–Trinajstić information content (AvgIpc) is 2.92. The summed E-state index contributed by atoms with van der Waals surface area (Å²) in [7, 11) is 1.88. The molecule has 2 heterocycles. The largest absolute Gasteiger partial charge is 0.330 e. The van der Waals surface area contributed by atoms with Gasteiger partial charge in [0.2, 0.25) is 0 Å². The lowest BCUT2D eigenvalue weighted by atomic mass is 10.2. The fraction of sp³-hybridized carbons (Fsp3) is 0.545. The van der Waals surface area contributed by atoms with E-state index < -0.39 is 0 Å². The van der Waals surface area contributed by atoms with Gasteiger partial charge in [-0.15, -0.1) is 5.10 Å². The van der Waals surface area contributed by atoms with E-state index in [1.165, 1.54) is 0 Å². The number of hydrogen-bond donors (Lipinski definition) is 1. The number of halogens is 1. The zero-order chi connectivity index (χ0) is 13.0. The summed E-state index contributed by atoms with van der Waals surface area (Å²) in [6.07, 6.45) is 6.55. The van der Waals surface area contributed by atoms with E-state index in [1.54, 1.807) is 10.9 Å². The fourth-order valence-electron chi connectivity index (χ4n) is 1.70. The number of rotatable bonds is 6. The van der Waals surface area contributed by atoms with Gasteiger partial charge >= 0.3 is 0 Å². The third-order valence-electron chi connectivity index (χ3n) is 2.80. The van der Waals surface area contributed by atoms with Crippen molar-refractivity contribution in [2.75, 3.05) is 6.54 Å². The Bertz CT molecular complexity index is 503. The summed E-state index contributed by atoms with van der Waals surface area (Å²) in [6.45, 7) is 1.30. The summed E-state index contributed by atoms with van der Waals surface area (Å²) in [5.74, 6) is 0.860. The van der Waals surface area contributed by atoms with Gasteiger partial charge in [-0.1, -0.05) is 16.8 Å². The van der Waals surface area contributed by atoms with Crippen LogP contribution in [0.5, 0.6) is 0 Å². The second-order valence-electron chi connectivity index (χ2n) is 4.21. The number of aromatic nitrogens is 5. The molecule has 2 rings (SSSR count). The van der Waals surface area contributed by atoms with Gasteiger partial charge in [0.1, 0.15) is 17.5 Å². The van der Waals surface area contributed by atoms with Crippen LogP contribution in [0.4, 0.5) is 0 Å². The molecule has 0 aliphatic heterocycles. The predicted octanol–water partition coefficient (Wildman–Crippen LogP) is 0.995. The maximum absolute atomic E-state index is 5.93. The molecule has 0 atom stereocenters. The Morgan fingerprint density at radius 3 is 2.89 bits per heavy atom. The summed E-state index contributed by atoms with van der Waals surface area (Å²) in [4.78, 5) is 4.22. The van der Waals surface area contributed by atoms with Crippen LogP contribution in [0.3, 0.4) is 0 Å². The van der Waals surface area contributed by atoms with Crippen molar-refractivity contribution in [3.05, 3.63) is 29.1 Å². The number of aryl methyl sites for hydroxylation is 1. The number of unbranched alkanes of at least 4 members (excludes halogenated alkanes) is 1. The van der Waals surface area contributed by atoms with E-state index >= 15 is 0 Å². The van der Waals surface area contributed by atoms with Gasteiger partial charge in [0.25, 0.3) is 0 Å². The minimum atomic E-state index is 0.576. The SMILES string of the molecule is Cn1c(Cl)cnc1Cn1cc(CCCCN)nn1. The minimum Gasteiger partial charge on any atom is -0.330 e. The summed E-state index contributed by atoms with van der Waals surface area (Å²) >= 11 is 5.93. The van der Waals surface area contributed by atoms with Crippen molar-refractivity contribution >= 4 is 11.6 Å². The van der Waals surface area contributed by atoms with Gasteiger partial charge in [0, 0.05) is 13.2 Å². The van der Waals surface area contributed by atoms with Crippen molar-refractivity contribution in [3.63, 3.8) is 0 Å². The second-order valence-corrected chi connectivity index (χ2v) is 4.60. The molecule has 0 fully saturated rings. The zero-order valence-corrected chi connectivity index (χ0v) is 11.1. The smallest absolute Gasteiger partial charge is 0.131 e. The van der Waals surface area contributed by atoms with E-state index in [2.05, 4.69) is 15.3 Å². The molecular formula is C11H17ClN6. The van der Waals surface area contributed by atoms with Gasteiger partial charge in [-0.3, -0.25) is 0 Å². The molecule has 18 heavy (non-hydrogen) atoms. The molecule has 2 N–H and O–H groups in total. The highest BCUT2D eigenvalue weighted by Crippen LogP contribution is 2.10. The Morgan fingerprint density at radius 1 is 1.39 bits per heavy atom. The maximum atomic E-state index is 5.93. The van der Waals surface area contributed by atoms with Crippen molar-refractivity contribution in [3.8, 4) is 0 Å². The molecule has 2 aromatic heterocycles. The van der Waals surface area contributed by atoms with Gasteiger partial charge in [0.05, 0.1) is 11.9 Å². The number of hydrogen-bond acceptors (Lipinski definition) is 4. The normalized spacial score (nSPS) is 11.1. The zero-order valence-electron chi connectivity index (χ0n) is 10.4. The highest BCUT2D eigenvalue weighted by atomic mass is 35.5. The van der Waals surface area contributed by atoms with Crippen molar-refractivity contribution in [1.82, 2.24) is 24.5 Å². The Morgan fingerprint density at radius 2 is 2.22 bits per heavy atom. The highest BCUT2D eigenvalue weighted by Gasteiger charge is 2.07. The summed E-state index contributed by atoms with van der Waals surface area (Å²) in [5.41, 5.74) is 6.44. The molecule has 0 aromatic carbocycles. The molecule has 0 saturated carbocycles. The van der Waals surface area contributed by atoms with Crippen LogP contribution in [0.25, 0.3) is 0 Å². The number of nitrogens with two attached hydrogens (primary N) is 1. The van der Waals surface area contributed by atoms with Crippen LogP contribution in [-0.4, -0.2) is 31.1 Å². The standard InChI is InChI=1S/C11H17ClN6/c1-17-10(12)6-14-11(17)8-18-7-9(15-16-18)4-2-3-5-13/h6-7H,2-5,8,13H2,1H3. The molecule has 0 unspecified atom stereocenters. The van der Waals surface area contributed by atoms with Crippen molar-refractivity contribution in [2.45, 2.75) is 25.8 Å². The van der Waals surface area contributed by atoms with E-state index in [0.29, 0.717) is 11.7 Å². The van der Waals surface area contributed by atoms with Crippen molar-refractivity contribution in [2.24, 2.45) is 12.8 Å². The third-order valence-corrected chi connectivity index (χ3v) is 3.16. The molecule has 6 nitrogen and oxygen atoms in total. The topological polar surface area (TPSA) is 74.5 Å². The van der Waals surface area contributed by atoms with Gasteiger partial charge in [0.15, 0.2) is 0 Å². The molecule has 2 aromatic rings. The first-order valence-electron chi connectivity index (χ1n) is 5.96. The van der Waals surface area contributed by atoms with Crippen molar-refractivity contribution < 1.29 is 0 Å². The molecule has 7 heteroatoms. The molecule has 0 radical (unpaired) electrons. The van der Waals surface area contributed by atoms with E-state index in [4.69, 9.17) is 17.3 Å². The van der Waals surface area contributed by atoms with Crippen LogP contribution in [0.15, 0.2) is 12.4 Å². The van der Waals surface area contributed by atoms with E-state index in [9.17, 15) is 0 Å². The first kappa shape index (κ1) is 13.0. The first-order chi connectivity index (χ1) is 8.70. The molecular weight excluding hydrogens is 252 g/mol. The van der Waals surface area contributed by atoms with Gasteiger partial charge in [-0.05, 0) is 25.8 Å². The van der Waals surface area contributed by atoms with Crippen LogP contribution in [0.2, 0.25) is 5.15 Å². The van der Waals surface area contributed by atoms with Crippen LogP contribution >= 0.6 is 11.6 Å².